The van der Waals surface area contributed by atoms with Gasteiger partial charge in [0.25, 0.3) is 0 Å². The van der Waals surface area contributed by atoms with Crippen molar-refractivity contribution in [3.8, 4) is 10.1 Å². The predicted octanol–water partition coefficient (Wildman–Crippen LogP) is 6.58. The van der Waals surface area contributed by atoms with Crippen LogP contribution in [0.3, 0.4) is 0 Å². The number of halogens is 4. The second-order valence-electron chi connectivity index (χ2n) is 7.59. The van der Waals surface area contributed by atoms with E-state index in [4.69, 9.17) is 0 Å². The molecule has 0 aliphatic heterocycles. The Bertz CT molecular complexity index is 1150. The smallest absolute Gasteiger partial charge is 0 e. The van der Waals surface area contributed by atoms with Crippen LogP contribution >= 0.6 is 0 Å². The summed E-state index contributed by atoms with van der Waals surface area (Å²) < 4.78 is 54.4. The van der Waals surface area contributed by atoms with Gasteiger partial charge in [-0.05, 0) is 25.7 Å². The number of hydrogen-bond acceptors (Lipinski definition) is 4. The Balaban J connectivity index is 0.000000352. The van der Waals surface area contributed by atoms with Gasteiger partial charge in [-0.2, -0.15) is 0 Å². The number of rotatable bonds is 8. The number of aromatic nitrogens is 2. The number of carbonyl (C=O) groups is 1. The van der Waals surface area contributed by atoms with Crippen molar-refractivity contribution in [1.29, 1.82) is 0 Å². The van der Waals surface area contributed by atoms with Crippen LogP contribution in [-0.2, 0) is 24.9 Å². The molecule has 0 saturated carbocycles. The van der Waals surface area contributed by atoms with Gasteiger partial charge in [-0.25, -0.2) is 0 Å². The zero-order chi connectivity index (χ0) is 25.4. The van der Waals surface area contributed by atoms with Crippen LogP contribution in [-0.4, -0.2) is 35.4 Å². The van der Waals surface area contributed by atoms with E-state index in [0.717, 1.165) is 32.0 Å². The number of allylic oxidation sites excluding steroid dienone is 2. The van der Waals surface area contributed by atoms with E-state index in [1.54, 1.807) is 11.0 Å². The van der Waals surface area contributed by atoms with E-state index in [9.17, 15) is 27.5 Å². The fraction of sp³-hybridized carbons (Fsp3) is 0.400. The Morgan fingerprint density at radius 3 is 2.06 bits per heavy atom. The van der Waals surface area contributed by atoms with Gasteiger partial charge < -0.3 is 5.11 Å². The first-order chi connectivity index (χ1) is 16.2. The minimum absolute atomic E-state index is 0. The SMILES string of the molecule is CCC(CC)C(=O)/C=C(\O)C(CC)CC.Fc1c(F)c(F)c2c(-c3[c-]cc[se]3)ncnc2c1F.[Ir]. The molecule has 3 rings (SSSR count). The van der Waals surface area contributed by atoms with E-state index in [2.05, 4.69) is 16.0 Å². The number of hydrogen-bond donors (Lipinski definition) is 1. The number of carbonyl (C=O) groups excluding carboxylic acids is 1. The summed E-state index contributed by atoms with van der Waals surface area (Å²) in [4.78, 5) is 20.8. The summed E-state index contributed by atoms with van der Waals surface area (Å²) in [5.74, 6) is -6.19. The molecule has 2 heterocycles. The van der Waals surface area contributed by atoms with Crippen LogP contribution in [0.5, 0.6) is 0 Å². The van der Waals surface area contributed by atoms with Crippen molar-refractivity contribution >= 4 is 31.2 Å². The molecule has 1 radical (unpaired) electrons. The Labute approximate surface area is 222 Å². The zero-order valence-electron chi connectivity index (χ0n) is 19.8. The Morgan fingerprint density at radius 2 is 1.54 bits per heavy atom. The monoisotopic (exact) mass is 736 g/mol. The van der Waals surface area contributed by atoms with Crippen molar-refractivity contribution in [1.82, 2.24) is 9.97 Å². The van der Waals surface area contributed by atoms with Gasteiger partial charge in [-0.3, -0.25) is 4.79 Å². The molecule has 3 aromatic rings. The average Bonchev–Trinajstić information content (AvgIpc) is 3.37. The van der Waals surface area contributed by atoms with Crippen LogP contribution < -0.4 is 0 Å². The molecule has 0 aliphatic rings. The molecule has 0 amide bonds. The van der Waals surface area contributed by atoms with Crippen LogP contribution in [0.15, 0.2) is 29.2 Å². The summed E-state index contributed by atoms with van der Waals surface area (Å²) in [6, 6.07) is 4.44. The average molecular weight is 735 g/mol. The quantitative estimate of drug-likeness (QED) is 0.0541. The molecule has 0 unspecified atom stereocenters. The van der Waals surface area contributed by atoms with Crippen molar-refractivity contribution in [3.05, 3.63) is 58.5 Å². The van der Waals surface area contributed by atoms with E-state index >= 15 is 0 Å². The van der Waals surface area contributed by atoms with Gasteiger partial charge in [0, 0.05) is 38.0 Å². The summed E-state index contributed by atoms with van der Waals surface area (Å²) in [6.45, 7) is 8.07. The number of fused-ring (bicyclic) bond motifs is 1. The Kier molecular flexibility index (Phi) is 13.0. The first-order valence-electron chi connectivity index (χ1n) is 11.1. The third-order valence-electron chi connectivity index (χ3n) is 5.62. The fourth-order valence-electron chi connectivity index (χ4n) is 3.49. The minimum Gasteiger partial charge on any atom is 0 e. The van der Waals surface area contributed by atoms with Crippen LogP contribution in [0.4, 0.5) is 17.6 Å². The normalized spacial score (nSPS) is 11.4. The van der Waals surface area contributed by atoms with Gasteiger partial charge in [0.2, 0.25) is 0 Å². The number of ketones is 1. The van der Waals surface area contributed by atoms with Gasteiger partial charge in [0.05, 0.1) is 5.76 Å². The Morgan fingerprint density at radius 1 is 0.971 bits per heavy atom. The maximum Gasteiger partial charge on any atom is 0 e. The van der Waals surface area contributed by atoms with E-state index in [1.165, 1.54) is 6.08 Å². The maximum atomic E-state index is 13.8. The molecule has 193 valence electrons. The summed E-state index contributed by atoms with van der Waals surface area (Å²) in [7, 11) is 0. The summed E-state index contributed by atoms with van der Waals surface area (Å²) in [5, 5.41) is 9.31. The molecule has 2 aromatic heterocycles. The third kappa shape index (κ3) is 7.32. The molecule has 10 heteroatoms. The van der Waals surface area contributed by atoms with Gasteiger partial charge in [-0.1, -0.05) is 27.7 Å². The minimum atomic E-state index is -1.87. The summed E-state index contributed by atoms with van der Waals surface area (Å²) in [6.07, 6.45) is 5.89. The molecule has 0 bridgehead atoms. The van der Waals surface area contributed by atoms with Crippen LogP contribution in [0, 0.1) is 41.2 Å². The third-order valence-corrected chi connectivity index (χ3v) is 7.34. The van der Waals surface area contributed by atoms with Crippen molar-refractivity contribution in [2.24, 2.45) is 11.8 Å². The van der Waals surface area contributed by atoms with E-state index in [-0.39, 0.29) is 63.7 Å². The maximum absolute atomic E-state index is 13.8. The second kappa shape index (κ2) is 14.6. The molecular weight excluding hydrogens is 707 g/mol. The molecular formula is C25H27F4IrN2O2Se-. The standard InChI is InChI=1S/C13H24O2.C12H3F4N2Se.Ir/c1-5-10(6-2)12(14)9-13(15)11(7-3)8-4;13-7-6-11(5-2-1-3-19-5)17-4-18-12(6)10(16)9(15)8(7)14;/h9-11,14H,5-8H2,1-4H3;1,3-4H;/q;-1;/b12-9-;;. The molecule has 0 atom stereocenters. The predicted molar refractivity (Wildman–Crippen MR) is 124 cm³/mol. The fourth-order valence-corrected chi connectivity index (χ4v) is 4.90. The van der Waals surface area contributed by atoms with E-state index < -0.39 is 34.2 Å². The topological polar surface area (TPSA) is 63.1 Å². The second-order valence-corrected chi connectivity index (χ2v) is 9.52. The van der Waals surface area contributed by atoms with E-state index in [0.29, 0.717) is 4.44 Å². The van der Waals surface area contributed by atoms with Gasteiger partial charge in [0.1, 0.15) is 0 Å². The summed E-state index contributed by atoms with van der Waals surface area (Å²) in [5.41, 5.74) is -0.524. The van der Waals surface area contributed by atoms with Crippen LogP contribution in [0.1, 0.15) is 53.4 Å². The number of benzene rings is 1. The molecule has 35 heavy (non-hydrogen) atoms. The number of nitrogens with zero attached hydrogens (tertiary/aromatic N) is 2. The molecule has 1 aromatic carbocycles. The van der Waals surface area contributed by atoms with Crippen LogP contribution in [0.25, 0.3) is 21.0 Å². The molecule has 0 fully saturated rings. The molecule has 0 spiro atoms. The number of aliphatic hydroxyl groups excluding tert-OH is 1. The van der Waals surface area contributed by atoms with Gasteiger partial charge in [0.15, 0.2) is 5.78 Å². The van der Waals surface area contributed by atoms with Crippen molar-refractivity contribution in [2.75, 3.05) is 0 Å². The number of aliphatic hydroxyl groups is 1. The molecule has 0 saturated heterocycles. The first kappa shape index (κ1) is 31.2. The zero-order valence-corrected chi connectivity index (χ0v) is 23.9. The molecule has 0 aliphatic carbocycles. The largest absolute Gasteiger partial charge is 0 e. The van der Waals surface area contributed by atoms with Gasteiger partial charge >= 0.3 is 110 Å². The molecule has 1 N–H and O–H groups in total. The van der Waals surface area contributed by atoms with E-state index in [1.807, 2.05) is 27.7 Å². The Hall–Kier alpha value is -1.86. The summed E-state index contributed by atoms with van der Waals surface area (Å²) >= 11 is -0.158. The van der Waals surface area contributed by atoms with Crippen LogP contribution in [0.2, 0.25) is 0 Å². The van der Waals surface area contributed by atoms with Gasteiger partial charge in [-0.15, -0.1) is 0 Å². The first-order valence-corrected chi connectivity index (χ1v) is 12.9. The van der Waals surface area contributed by atoms with Crippen molar-refractivity contribution in [3.63, 3.8) is 0 Å². The van der Waals surface area contributed by atoms with Crippen molar-refractivity contribution < 1.29 is 47.6 Å². The van der Waals surface area contributed by atoms with Crippen molar-refractivity contribution in [2.45, 2.75) is 53.4 Å². The molecule has 4 nitrogen and oxygen atoms in total.